The molecule has 0 bridgehead atoms. The van der Waals surface area contributed by atoms with Crippen molar-refractivity contribution in [1.29, 1.82) is 0 Å². The molecule has 0 saturated carbocycles. The summed E-state index contributed by atoms with van der Waals surface area (Å²) in [5.41, 5.74) is 3.41. The molecule has 0 saturated heterocycles. The van der Waals surface area contributed by atoms with Crippen molar-refractivity contribution in [3.63, 3.8) is 0 Å². The van der Waals surface area contributed by atoms with Gasteiger partial charge in [-0.05, 0) is 59.9 Å². The lowest BCUT2D eigenvalue weighted by Gasteiger charge is -2.13. The van der Waals surface area contributed by atoms with Gasteiger partial charge in [0, 0.05) is 24.5 Å². The van der Waals surface area contributed by atoms with E-state index in [1.54, 1.807) is 55.7 Å². The number of rotatable bonds is 7. The Kier molecular flexibility index (Phi) is 6.52. The van der Waals surface area contributed by atoms with Crippen LogP contribution in [-0.2, 0) is 16.6 Å². The van der Waals surface area contributed by atoms with E-state index < -0.39 is 10.0 Å². The number of aromatic nitrogens is 1. The van der Waals surface area contributed by atoms with Crippen LogP contribution in [0.2, 0.25) is 0 Å². The molecule has 1 amide bonds. The van der Waals surface area contributed by atoms with E-state index in [1.807, 2.05) is 18.2 Å². The molecule has 0 atom stereocenters. The highest BCUT2D eigenvalue weighted by Gasteiger charge is 2.17. The Hall–Kier alpha value is -3.19. The van der Waals surface area contributed by atoms with Gasteiger partial charge < -0.3 is 5.32 Å². The number of sulfonamides is 1. The van der Waals surface area contributed by atoms with Gasteiger partial charge in [0.25, 0.3) is 15.9 Å². The SMILES string of the molecule is Cc1ccc(C(=O)NCc2cccnc2)cc1NS(=O)(=O)c1ccc(C(C)C)cc1. The number of benzene rings is 2. The third kappa shape index (κ3) is 5.24. The fraction of sp³-hybridized carbons (Fsp3) is 0.217. The van der Waals surface area contributed by atoms with Crippen LogP contribution in [0.25, 0.3) is 0 Å². The lowest BCUT2D eigenvalue weighted by atomic mass is 10.0. The minimum Gasteiger partial charge on any atom is -0.348 e. The Morgan fingerprint density at radius 3 is 2.43 bits per heavy atom. The summed E-state index contributed by atoms with van der Waals surface area (Å²) in [4.78, 5) is 16.7. The number of carbonyl (C=O) groups is 1. The van der Waals surface area contributed by atoms with Crippen molar-refractivity contribution in [2.24, 2.45) is 0 Å². The summed E-state index contributed by atoms with van der Waals surface area (Å²) in [7, 11) is -3.77. The van der Waals surface area contributed by atoms with Crippen molar-refractivity contribution < 1.29 is 13.2 Å². The Bertz CT molecular complexity index is 1130. The molecule has 156 valence electrons. The van der Waals surface area contributed by atoms with Gasteiger partial charge in [-0.2, -0.15) is 0 Å². The number of hydrogen-bond acceptors (Lipinski definition) is 4. The number of nitrogens with zero attached hydrogens (tertiary/aromatic N) is 1. The van der Waals surface area contributed by atoms with E-state index in [2.05, 4.69) is 28.9 Å². The van der Waals surface area contributed by atoms with Gasteiger partial charge in [0.05, 0.1) is 10.6 Å². The van der Waals surface area contributed by atoms with Crippen LogP contribution in [0.3, 0.4) is 0 Å². The molecule has 1 heterocycles. The van der Waals surface area contributed by atoms with Crippen molar-refractivity contribution >= 4 is 21.6 Å². The second-order valence-corrected chi connectivity index (χ2v) is 9.09. The molecule has 0 spiro atoms. The highest BCUT2D eigenvalue weighted by Crippen LogP contribution is 2.23. The van der Waals surface area contributed by atoms with Crippen LogP contribution in [0.5, 0.6) is 0 Å². The molecule has 3 aromatic rings. The Labute approximate surface area is 177 Å². The van der Waals surface area contributed by atoms with Gasteiger partial charge in [0.15, 0.2) is 0 Å². The molecule has 2 N–H and O–H groups in total. The largest absolute Gasteiger partial charge is 0.348 e. The van der Waals surface area contributed by atoms with Crippen molar-refractivity contribution in [1.82, 2.24) is 10.3 Å². The predicted molar refractivity (Wildman–Crippen MR) is 118 cm³/mol. The number of carbonyl (C=O) groups excluding carboxylic acids is 1. The fourth-order valence-corrected chi connectivity index (χ4v) is 4.02. The average Bonchev–Trinajstić information content (AvgIpc) is 2.74. The molecule has 0 fully saturated rings. The van der Waals surface area contributed by atoms with Crippen LogP contribution in [-0.4, -0.2) is 19.3 Å². The smallest absolute Gasteiger partial charge is 0.261 e. The topological polar surface area (TPSA) is 88.2 Å². The zero-order valence-corrected chi connectivity index (χ0v) is 18.0. The molecular formula is C23H25N3O3S. The standard InChI is InChI=1S/C23H25N3O3S/c1-16(2)19-8-10-21(11-9-19)30(28,29)26-22-13-20(7-6-17(22)3)23(27)25-15-18-5-4-12-24-14-18/h4-14,16,26H,15H2,1-3H3,(H,25,27). The molecule has 0 radical (unpaired) electrons. The van der Waals surface area contributed by atoms with Crippen molar-refractivity contribution in [3.8, 4) is 0 Å². The summed E-state index contributed by atoms with van der Waals surface area (Å²) in [5, 5.41) is 2.82. The summed E-state index contributed by atoms with van der Waals surface area (Å²) in [6.07, 6.45) is 3.35. The number of amides is 1. The van der Waals surface area contributed by atoms with E-state index in [9.17, 15) is 13.2 Å². The number of aryl methyl sites for hydroxylation is 1. The second-order valence-electron chi connectivity index (χ2n) is 7.40. The molecule has 6 nitrogen and oxygen atoms in total. The van der Waals surface area contributed by atoms with E-state index in [0.29, 0.717) is 23.7 Å². The Morgan fingerprint density at radius 1 is 1.07 bits per heavy atom. The molecule has 3 rings (SSSR count). The Morgan fingerprint density at radius 2 is 1.80 bits per heavy atom. The number of anilines is 1. The van der Waals surface area contributed by atoms with Gasteiger partial charge in [-0.1, -0.05) is 38.1 Å². The van der Waals surface area contributed by atoms with Gasteiger partial charge in [0.2, 0.25) is 0 Å². The maximum Gasteiger partial charge on any atom is 0.261 e. The summed E-state index contributed by atoms with van der Waals surface area (Å²) in [6.45, 7) is 6.23. The predicted octanol–water partition coefficient (Wildman–Crippen LogP) is 4.24. The third-order valence-corrected chi connectivity index (χ3v) is 6.16. The van der Waals surface area contributed by atoms with Gasteiger partial charge in [-0.15, -0.1) is 0 Å². The summed E-state index contributed by atoms with van der Waals surface area (Å²) in [5.74, 6) is 0.0272. The second kappa shape index (κ2) is 9.09. The average molecular weight is 424 g/mol. The summed E-state index contributed by atoms with van der Waals surface area (Å²) < 4.78 is 28.2. The van der Waals surface area contributed by atoms with Crippen molar-refractivity contribution in [2.45, 2.75) is 38.1 Å². The molecule has 7 heteroatoms. The zero-order chi connectivity index (χ0) is 21.7. The van der Waals surface area contributed by atoms with E-state index >= 15 is 0 Å². The molecule has 30 heavy (non-hydrogen) atoms. The quantitative estimate of drug-likeness (QED) is 0.595. The first kappa shape index (κ1) is 21.5. The lowest BCUT2D eigenvalue weighted by Crippen LogP contribution is -2.23. The maximum atomic E-state index is 12.8. The molecule has 2 aromatic carbocycles. The van der Waals surface area contributed by atoms with Gasteiger partial charge in [-0.3, -0.25) is 14.5 Å². The van der Waals surface area contributed by atoms with Crippen LogP contribution in [0.4, 0.5) is 5.69 Å². The summed E-state index contributed by atoms with van der Waals surface area (Å²) >= 11 is 0. The molecular weight excluding hydrogens is 398 g/mol. The van der Waals surface area contributed by atoms with Crippen LogP contribution in [0.15, 0.2) is 71.9 Å². The zero-order valence-electron chi connectivity index (χ0n) is 17.2. The normalized spacial score (nSPS) is 11.3. The molecule has 0 aliphatic carbocycles. The first-order chi connectivity index (χ1) is 14.3. The van der Waals surface area contributed by atoms with Gasteiger partial charge >= 0.3 is 0 Å². The number of pyridine rings is 1. The third-order valence-electron chi connectivity index (χ3n) is 4.78. The summed E-state index contributed by atoms with van der Waals surface area (Å²) in [6, 6.07) is 15.4. The first-order valence-corrected chi connectivity index (χ1v) is 11.1. The van der Waals surface area contributed by atoms with Crippen LogP contribution < -0.4 is 10.0 Å². The first-order valence-electron chi connectivity index (χ1n) is 9.67. The molecule has 0 aliphatic heterocycles. The van der Waals surface area contributed by atoms with Crippen LogP contribution >= 0.6 is 0 Å². The van der Waals surface area contributed by atoms with Crippen molar-refractivity contribution in [2.75, 3.05) is 4.72 Å². The highest BCUT2D eigenvalue weighted by molar-refractivity contribution is 7.92. The highest BCUT2D eigenvalue weighted by atomic mass is 32.2. The maximum absolute atomic E-state index is 12.8. The minimum absolute atomic E-state index is 0.178. The van der Waals surface area contributed by atoms with Crippen LogP contribution in [0.1, 0.15) is 46.8 Å². The fourth-order valence-electron chi connectivity index (χ4n) is 2.90. The van der Waals surface area contributed by atoms with Gasteiger partial charge in [-0.25, -0.2) is 8.42 Å². The van der Waals surface area contributed by atoms with Crippen LogP contribution in [0, 0.1) is 6.92 Å². The van der Waals surface area contributed by atoms with Gasteiger partial charge in [0.1, 0.15) is 0 Å². The molecule has 0 aliphatic rings. The minimum atomic E-state index is -3.77. The molecule has 1 aromatic heterocycles. The molecule has 0 unspecified atom stereocenters. The van der Waals surface area contributed by atoms with E-state index in [4.69, 9.17) is 0 Å². The Balaban J connectivity index is 1.76. The van der Waals surface area contributed by atoms with Crippen molar-refractivity contribution in [3.05, 3.63) is 89.2 Å². The van der Waals surface area contributed by atoms with E-state index in [-0.39, 0.29) is 10.8 Å². The lowest BCUT2D eigenvalue weighted by molar-refractivity contribution is 0.0951. The number of hydrogen-bond donors (Lipinski definition) is 2. The van der Waals surface area contributed by atoms with E-state index in [0.717, 1.165) is 16.7 Å². The monoisotopic (exact) mass is 423 g/mol. The number of nitrogens with one attached hydrogen (secondary N) is 2. The van der Waals surface area contributed by atoms with E-state index in [1.165, 1.54) is 0 Å².